The van der Waals surface area contributed by atoms with E-state index in [-0.39, 0.29) is 12.4 Å². The maximum absolute atomic E-state index is 15.5. The first-order valence-electron chi connectivity index (χ1n) is 11.9. The highest BCUT2D eigenvalue weighted by molar-refractivity contribution is 5.91. The van der Waals surface area contributed by atoms with Crippen molar-refractivity contribution in [3.05, 3.63) is 30.6 Å². The van der Waals surface area contributed by atoms with Crippen LogP contribution in [0.2, 0.25) is 0 Å². The maximum atomic E-state index is 15.5. The van der Waals surface area contributed by atoms with Crippen molar-refractivity contribution < 1.29 is 9.50 Å². The summed E-state index contributed by atoms with van der Waals surface area (Å²) in [6.45, 7) is 1.77. The normalized spacial score (nSPS) is 18.5. The Morgan fingerprint density at radius 2 is 1.85 bits per heavy atom. The van der Waals surface area contributed by atoms with Gasteiger partial charge in [0.25, 0.3) is 0 Å². The number of benzene rings is 1. The van der Waals surface area contributed by atoms with Crippen LogP contribution in [0.1, 0.15) is 51.0 Å². The molecule has 0 radical (unpaired) electrons. The van der Waals surface area contributed by atoms with Crippen molar-refractivity contribution in [3.8, 4) is 11.3 Å². The van der Waals surface area contributed by atoms with Crippen LogP contribution >= 0.6 is 0 Å². The van der Waals surface area contributed by atoms with Crippen LogP contribution in [0.15, 0.2) is 24.8 Å². The van der Waals surface area contributed by atoms with Gasteiger partial charge in [-0.3, -0.25) is 0 Å². The van der Waals surface area contributed by atoms with Crippen molar-refractivity contribution in [2.24, 2.45) is 5.92 Å². The van der Waals surface area contributed by atoms with Crippen LogP contribution in [0.4, 0.5) is 10.3 Å². The quantitative estimate of drug-likeness (QED) is 0.484. The van der Waals surface area contributed by atoms with Gasteiger partial charge in [0.2, 0.25) is 5.95 Å². The minimum absolute atomic E-state index is 0.213. The zero-order valence-electron chi connectivity index (χ0n) is 18.5. The molecule has 4 heterocycles. The molecule has 9 heteroatoms. The van der Waals surface area contributed by atoms with E-state index in [0.717, 1.165) is 38.8 Å². The first-order valence-corrected chi connectivity index (χ1v) is 11.9. The molecule has 33 heavy (non-hydrogen) atoms. The number of halogens is 1. The summed E-state index contributed by atoms with van der Waals surface area (Å²) in [6.07, 6.45) is 10.9. The Kier molecular flexibility index (Phi) is 5.21. The lowest BCUT2D eigenvalue weighted by molar-refractivity contribution is 0.202. The SMILES string of the molecule is OCC1CCN(c2nc(-c3cc(F)c4c(c3)ncn4C3CCCCC3)c3[nH]cnc3n2)CC1. The van der Waals surface area contributed by atoms with Gasteiger partial charge in [0.05, 0.1) is 18.2 Å². The monoisotopic (exact) mass is 449 g/mol. The van der Waals surface area contributed by atoms with Crippen LogP contribution in [0.5, 0.6) is 0 Å². The summed E-state index contributed by atoms with van der Waals surface area (Å²) in [4.78, 5) is 23.6. The number of aliphatic hydroxyl groups is 1. The van der Waals surface area contributed by atoms with Crippen molar-refractivity contribution in [1.29, 1.82) is 0 Å². The van der Waals surface area contributed by atoms with E-state index in [4.69, 9.17) is 4.98 Å². The molecule has 0 amide bonds. The molecule has 3 aromatic heterocycles. The highest BCUT2D eigenvalue weighted by atomic mass is 19.1. The average Bonchev–Trinajstić information content (AvgIpc) is 3.51. The second-order valence-corrected chi connectivity index (χ2v) is 9.36. The molecule has 1 aliphatic carbocycles. The summed E-state index contributed by atoms with van der Waals surface area (Å²) in [7, 11) is 0. The number of imidazole rings is 2. The third-order valence-electron chi connectivity index (χ3n) is 7.29. The fourth-order valence-electron chi connectivity index (χ4n) is 5.38. The standard InChI is InChI=1S/C24H28FN7O/c25-18-10-16(11-19-22(18)32(14-28-19)17-4-2-1-3-5-17)20-21-23(27-13-26-21)30-24(29-20)31-8-6-15(12-33)7-9-31/h10-11,13-15,17,33H,1-9,12H2,(H,26,27,29,30). The number of aromatic amines is 1. The van der Waals surface area contributed by atoms with Gasteiger partial charge in [-0.05, 0) is 43.7 Å². The fourth-order valence-corrected chi connectivity index (χ4v) is 5.38. The number of aliphatic hydroxyl groups excluding tert-OH is 1. The summed E-state index contributed by atoms with van der Waals surface area (Å²) >= 11 is 0. The van der Waals surface area contributed by atoms with E-state index in [0.29, 0.717) is 51.4 Å². The Morgan fingerprint density at radius 1 is 1.03 bits per heavy atom. The van der Waals surface area contributed by atoms with Crippen molar-refractivity contribution in [3.63, 3.8) is 0 Å². The van der Waals surface area contributed by atoms with Gasteiger partial charge >= 0.3 is 0 Å². The third-order valence-corrected chi connectivity index (χ3v) is 7.29. The number of aromatic nitrogens is 6. The molecule has 8 nitrogen and oxygen atoms in total. The number of hydrogen-bond acceptors (Lipinski definition) is 6. The van der Waals surface area contributed by atoms with E-state index in [9.17, 15) is 5.11 Å². The largest absolute Gasteiger partial charge is 0.396 e. The van der Waals surface area contributed by atoms with Gasteiger partial charge in [0, 0.05) is 31.3 Å². The molecule has 2 aliphatic rings. The zero-order valence-corrected chi connectivity index (χ0v) is 18.5. The summed E-state index contributed by atoms with van der Waals surface area (Å²) < 4.78 is 17.5. The predicted octanol–water partition coefficient (Wildman–Crippen LogP) is 4.22. The summed E-state index contributed by atoms with van der Waals surface area (Å²) in [6, 6.07) is 3.80. The van der Waals surface area contributed by atoms with E-state index in [1.165, 1.54) is 19.3 Å². The fraction of sp³-hybridized carbons (Fsp3) is 0.500. The summed E-state index contributed by atoms with van der Waals surface area (Å²) in [5.74, 6) is 0.641. The van der Waals surface area contributed by atoms with Crippen LogP contribution in [-0.2, 0) is 0 Å². The lowest BCUT2D eigenvalue weighted by Gasteiger charge is -2.31. The minimum atomic E-state index is -0.276. The van der Waals surface area contributed by atoms with Crippen LogP contribution in [0, 0.1) is 11.7 Å². The molecule has 1 saturated carbocycles. The molecule has 172 valence electrons. The number of fused-ring (bicyclic) bond motifs is 2. The van der Waals surface area contributed by atoms with Gasteiger partial charge < -0.3 is 19.6 Å². The Hall–Kier alpha value is -3.07. The number of hydrogen-bond donors (Lipinski definition) is 2. The van der Waals surface area contributed by atoms with Crippen LogP contribution in [0.3, 0.4) is 0 Å². The molecule has 0 unspecified atom stereocenters. The Labute approximate surface area is 190 Å². The molecule has 4 aromatic rings. The van der Waals surface area contributed by atoms with Gasteiger partial charge in [-0.2, -0.15) is 4.98 Å². The molecular weight excluding hydrogens is 421 g/mol. The first-order chi connectivity index (χ1) is 16.2. The molecule has 2 N–H and O–H groups in total. The summed E-state index contributed by atoms with van der Waals surface area (Å²) in [5.41, 5.74) is 3.77. The maximum Gasteiger partial charge on any atom is 0.228 e. The molecule has 0 spiro atoms. The first kappa shape index (κ1) is 20.5. The highest BCUT2D eigenvalue weighted by Crippen LogP contribution is 2.35. The Morgan fingerprint density at radius 3 is 2.64 bits per heavy atom. The van der Waals surface area contributed by atoms with E-state index in [2.05, 4.69) is 24.8 Å². The third kappa shape index (κ3) is 3.64. The number of anilines is 1. The smallest absolute Gasteiger partial charge is 0.228 e. The highest BCUT2D eigenvalue weighted by Gasteiger charge is 2.24. The molecule has 0 bridgehead atoms. The van der Waals surface area contributed by atoms with Crippen molar-refractivity contribution in [2.75, 3.05) is 24.6 Å². The molecule has 0 atom stereocenters. The van der Waals surface area contributed by atoms with Gasteiger partial charge in [0.1, 0.15) is 22.5 Å². The van der Waals surface area contributed by atoms with Gasteiger partial charge in [0.15, 0.2) is 5.65 Å². The molecule has 1 aromatic carbocycles. The molecular formula is C24H28FN7O. The van der Waals surface area contributed by atoms with Crippen LogP contribution in [0.25, 0.3) is 33.5 Å². The van der Waals surface area contributed by atoms with E-state index < -0.39 is 0 Å². The molecule has 6 rings (SSSR count). The Balaban J connectivity index is 1.41. The van der Waals surface area contributed by atoms with E-state index in [1.54, 1.807) is 18.7 Å². The summed E-state index contributed by atoms with van der Waals surface area (Å²) in [5, 5.41) is 9.44. The van der Waals surface area contributed by atoms with E-state index >= 15 is 4.39 Å². The zero-order chi connectivity index (χ0) is 22.4. The Bertz CT molecular complexity index is 1280. The second-order valence-electron chi connectivity index (χ2n) is 9.36. The lowest BCUT2D eigenvalue weighted by Crippen LogP contribution is -2.35. The van der Waals surface area contributed by atoms with Crippen molar-refractivity contribution in [2.45, 2.75) is 51.0 Å². The van der Waals surface area contributed by atoms with Gasteiger partial charge in [-0.25, -0.2) is 19.3 Å². The molecule has 1 saturated heterocycles. The van der Waals surface area contributed by atoms with Gasteiger partial charge in [-0.1, -0.05) is 19.3 Å². The topological polar surface area (TPSA) is 95.8 Å². The van der Waals surface area contributed by atoms with Crippen molar-refractivity contribution >= 4 is 28.1 Å². The van der Waals surface area contributed by atoms with Crippen LogP contribution in [-0.4, -0.2) is 54.3 Å². The van der Waals surface area contributed by atoms with Gasteiger partial charge in [-0.15, -0.1) is 0 Å². The molecule has 1 aliphatic heterocycles. The minimum Gasteiger partial charge on any atom is -0.396 e. The van der Waals surface area contributed by atoms with Crippen molar-refractivity contribution in [1.82, 2.24) is 29.5 Å². The number of nitrogens with one attached hydrogen (secondary N) is 1. The lowest BCUT2D eigenvalue weighted by atomic mass is 9.95. The van der Waals surface area contributed by atoms with Crippen LogP contribution < -0.4 is 4.90 Å². The second kappa shape index (κ2) is 8.37. The van der Waals surface area contributed by atoms with E-state index in [1.807, 2.05) is 10.6 Å². The number of nitrogens with zero attached hydrogens (tertiary/aromatic N) is 6. The number of H-pyrrole nitrogens is 1. The number of rotatable bonds is 4. The number of piperidine rings is 1. The molecule has 2 fully saturated rings. The average molecular weight is 450 g/mol. The predicted molar refractivity (Wildman–Crippen MR) is 125 cm³/mol.